The van der Waals surface area contributed by atoms with E-state index in [1.807, 2.05) is 0 Å². The van der Waals surface area contributed by atoms with Gasteiger partial charge in [-0.2, -0.15) is 0 Å². The van der Waals surface area contributed by atoms with Crippen molar-refractivity contribution in [3.05, 3.63) is 50.8 Å². The molecule has 2 rings (SSSR count). The number of halogens is 1. The number of thiazole rings is 1. The van der Waals surface area contributed by atoms with Gasteiger partial charge in [0.15, 0.2) is 0 Å². The maximum Gasteiger partial charge on any atom is 0.307 e. The van der Waals surface area contributed by atoms with E-state index in [1.54, 1.807) is 11.6 Å². The van der Waals surface area contributed by atoms with E-state index in [0.717, 1.165) is 11.3 Å². The molecule has 1 aromatic heterocycles. The minimum atomic E-state index is -0.345. The highest BCUT2D eigenvalue weighted by Crippen LogP contribution is 2.14. The van der Waals surface area contributed by atoms with Crippen molar-refractivity contribution in [2.75, 3.05) is 5.73 Å². The summed E-state index contributed by atoms with van der Waals surface area (Å²) >= 11 is 1.11. The number of aromatic nitrogens is 1. The zero-order valence-electron chi connectivity index (χ0n) is 7.81. The van der Waals surface area contributed by atoms with E-state index in [1.165, 1.54) is 22.8 Å². The fourth-order valence-corrected chi connectivity index (χ4v) is 1.89. The monoisotopic (exact) mass is 224 g/mol. The van der Waals surface area contributed by atoms with Crippen LogP contribution in [-0.4, -0.2) is 4.57 Å². The van der Waals surface area contributed by atoms with Crippen LogP contribution in [0.1, 0.15) is 5.56 Å². The van der Waals surface area contributed by atoms with Crippen molar-refractivity contribution in [2.45, 2.75) is 6.54 Å². The second-order valence-corrected chi connectivity index (χ2v) is 4.00. The lowest BCUT2D eigenvalue weighted by atomic mass is 10.2. The molecule has 0 atom stereocenters. The van der Waals surface area contributed by atoms with Crippen molar-refractivity contribution in [2.24, 2.45) is 0 Å². The lowest BCUT2D eigenvalue weighted by Crippen LogP contribution is -2.13. The van der Waals surface area contributed by atoms with Crippen LogP contribution in [0.25, 0.3) is 0 Å². The highest BCUT2D eigenvalue weighted by molar-refractivity contribution is 7.07. The largest absolute Gasteiger partial charge is 0.398 e. The lowest BCUT2D eigenvalue weighted by molar-refractivity contribution is 0.623. The molecule has 1 heterocycles. The Labute approximate surface area is 89.6 Å². The number of nitrogens with two attached hydrogens (primary N) is 1. The molecule has 15 heavy (non-hydrogen) atoms. The van der Waals surface area contributed by atoms with E-state index < -0.39 is 0 Å². The summed E-state index contributed by atoms with van der Waals surface area (Å²) in [5, 5.41) is 1.69. The van der Waals surface area contributed by atoms with Gasteiger partial charge in [0, 0.05) is 17.3 Å². The molecule has 0 saturated heterocycles. The molecule has 0 radical (unpaired) electrons. The molecule has 3 nitrogen and oxygen atoms in total. The molecule has 0 unspecified atom stereocenters. The van der Waals surface area contributed by atoms with Gasteiger partial charge < -0.3 is 10.3 Å². The minimum Gasteiger partial charge on any atom is -0.398 e. The van der Waals surface area contributed by atoms with Gasteiger partial charge in [0.2, 0.25) is 0 Å². The van der Waals surface area contributed by atoms with Gasteiger partial charge in [-0.25, -0.2) is 4.39 Å². The van der Waals surface area contributed by atoms with Crippen molar-refractivity contribution in [3.63, 3.8) is 0 Å². The van der Waals surface area contributed by atoms with E-state index >= 15 is 0 Å². The van der Waals surface area contributed by atoms with Gasteiger partial charge in [-0.05, 0) is 23.8 Å². The highest BCUT2D eigenvalue weighted by atomic mass is 32.1. The Hall–Kier alpha value is -1.62. The number of anilines is 1. The van der Waals surface area contributed by atoms with E-state index in [4.69, 9.17) is 5.73 Å². The Kier molecular flexibility index (Phi) is 2.55. The maximum atomic E-state index is 12.9. The number of hydrogen-bond acceptors (Lipinski definition) is 3. The predicted molar refractivity (Wildman–Crippen MR) is 58.5 cm³/mol. The summed E-state index contributed by atoms with van der Waals surface area (Å²) in [6.45, 7) is 0.311. The van der Waals surface area contributed by atoms with Crippen LogP contribution >= 0.6 is 11.3 Å². The first-order chi connectivity index (χ1) is 7.16. The average molecular weight is 224 g/mol. The molecule has 0 aliphatic heterocycles. The molecule has 78 valence electrons. The summed E-state index contributed by atoms with van der Waals surface area (Å²) in [6.07, 6.45) is 1.66. The summed E-state index contributed by atoms with van der Waals surface area (Å²) in [7, 11) is 0. The van der Waals surface area contributed by atoms with Gasteiger partial charge >= 0.3 is 4.87 Å². The zero-order chi connectivity index (χ0) is 10.8. The van der Waals surface area contributed by atoms with Crippen LogP contribution in [0.2, 0.25) is 0 Å². The van der Waals surface area contributed by atoms with Crippen LogP contribution in [-0.2, 0) is 6.54 Å². The SMILES string of the molecule is Nc1ccc(F)cc1Cn1ccsc1=O. The molecule has 2 N–H and O–H groups in total. The lowest BCUT2D eigenvalue weighted by Gasteiger charge is -2.05. The van der Waals surface area contributed by atoms with Gasteiger partial charge in [-0.15, -0.1) is 0 Å². The summed E-state index contributed by atoms with van der Waals surface area (Å²) in [4.78, 5) is 11.2. The molecule has 0 amide bonds. The van der Waals surface area contributed by atoms with Gasteiger partial charge in [0.25, 0.3) is 0 Å². The van der Waals surface area contributed by atoms with Gasteiger partial charge in [-0.1, -0.05) is 11.3 Å². The zero-order valence-corrected chi connectivity index (χ0v) is 8.63. The normalized spacial score (nSPS) is 10.5. The summed E-state index contributed by atoms with van der Waals surface area (Å²) < 4.78 is 14.4. The Morgan fingerprint density at radius 1 is 1.47 bits per heavy atom. The van der Waals surface area contributed by atoms with Gasteiger partial charge in [-0.3, -0.25) is 4.79 Å². The predicted octanol–water partition coefficient (Wildman–Crippen LogP) is 1.68. The molecule has 0 spiro atoms. The summed E-state index contributed by atoms with van der Waals surface area (Å²) in [5.41, 5.74) is 6.79. The molecule has 2 aromatic rings. The van der Waals surface area contributed by atoms with Crippen LogP contribution < -0.4 is 10.6 Å². The molecule has 0 bridgehead atoms. The van der Waals surface area contributed by atoms with Crippen LogP contribution in [0.5, 0.6) is 0 Å². The van der Waals surface area contributed by atoms with Crippen molar-refractivity contribution >= 4 is 17.0 Å². The van der Waals surface area contributed by atoms with Crippen LogP contribution in [0, 0.1) is 5.82 Å². The molecule has 0 fully saturated rings. The smallest absolute Gasteiger partial charge is 0.307 e. The molecule has 0 aliphatic carbocycles. The van der Waals surface area contributed by atoms with Crippen molar-refractivity contribution < 1.29 is 4.39 Å². The van der Waals surface area contributed by atoms with Crippen LogP contribution in [0.15, 0.2) is 34.6 Å². The molecular formula is C10H9FN2OS. The standard InChI is InChI=1S/C10H9FN2OS/c11-8-1-2-9(12)7(5-8)6-13-3-4-15-10(13)14/h1-5H,6,12H2. The number of hydrogen-bond donors (Lipinski definition) is 1. The van der Waals surface area contributed by atoms with Gasteiger partial charge in [0.1, 0.15) is 5.82 Å². The molecular weight excluding hydrogens is 215 g/mol. The Bertz CT molecular complexity index is 532. The van der Waals surface area contributed by atoms with Gasteiger partial charge in [0.05, 0.1) is 6.54 Å². The molecule has 1 aromatic carbocycles. The maximum absolute atomic E-state index is 12.9. The topological polar surface area (TPSA) is 48.0 Å². The molecule has 5 heteroatoms. The van der Waals surface area contributed by atoms with E-state index in [2.05, 4.69) is 0 Å². The Morgan fingerprint density at radius 2 is 2.27 bits per heavy atom. The number of benzene rings is 1. The first-order valence-electron chi connectivity index (χ1n) is 4.34. The van der Waals surface area contributed by atoms with Crippen LogP contribution in [0.4, 0.5) is 10.1 Å². The fourth-order valence-electron chi connectivity index (χ4n) is 1.30. The summed E-state index contributed by atoms with van der Waals surface area (Å²) in [6, 6.07) is 4.15. The molecule has 0 saturated carbocycles. The van der Waals surface area contributed by atoms with Crippen molar-refractivity contribution in [1.82, 2.24) is 4.57 Å². The Morgan fingerprint density at radius 3 is 2.93 bits per heavy atom. The third kappa shape index (κ3) is 2.07. The third-order valence-corrected chi connectivity index (χ3v) is 2.78. The number of nitrogens with zero attached hydrogens (tertiary/aromatic N) is 1. The average Bonchev–Trinajstić information content (AvgIpc) is 2.58. The fraction of sp³-hybridized carbons (Fsp3) is 0.100. The third-order valence-electron chi connectivity index (χ3n) is 2.09. The highest BCUT2D eigenvalue weighted by Gasteiger charge is 2.03. The second-order valence-electron chi connectivity index (χ2n) is 3.14. The van der Waals surface area contributed by atoms with E-state index in [0.29, 0.717) is 17.8 Å². The van der Waals surface area contributed by atoms with E-state index in [-0.39, 0.29) is 10.7 Å². The minimum absolute atomic E-state index is 0.0707. The van der Waals surface area contributed by atoms with E-state index in [9.17, 15) is 9.18 Å². The Balaban J connectivity index is 2.36. The van der Waals surface area contributed by atoms with Crippen molar-refractivity contribution in [3.8, 4) is 0 Å². The number of rotatable bonds is 2. The quantitative estimate of drug-likeness (QED) is 0.789. The number of nitrogen functional groups attached to an aromatic ring is 1. The summed E-state index contributed by atoms with van der Waals surface area (Å²) in [5.74, 6) is -0.345. The van der Waals surface area contributed by atoms with Crippen LogP contribution in [0.3, 0.4) is 0 Å². The second kappa shape index (κ2) is 3.86. The molecule has 0 aliphatic rings. The first-order valence-corrected chi connectivity index (χ1v) is 5.22. The van der Waals surface area contributed by atoms with Crippen molar-refractivity contribution in [1.29, 1.82) is 0 Å². The first kappa shape index (κ1) is 9.92.